The number of esters is 2. The largest absolute Gasteiger partial charge is 0.466 e. The summed E-state index contributed by atoms with van der Waals surface area (Å²) in [4.78, 5) is 22.4. The van der Waals surface area contributed by atoms with E-state index in [1.54, 1.807) is 0 Å². The van der Waals surface area contributed by atoms with Crippen LogP contribution in [0.15, 0.2) is 12.7 Å². The molecule has 4 heteroatoms. The molecule has 0 aromatic rings. The fraction of sp³-hybridized carbons (Fsp3) is 0.833. The molecule has 0 radical (unpaired) electrons. The third-order valence-electron chi connectivity index (χ3n) is 7.99. The minimum atomic E-state index is -0.394. The monoisotopic (exact) mass is 390 g/mol. The lowest BCUT2D eigenvalue weighted by Crippen LogP contribution is -2.37. The van der Waals surface area contributed by atoms with Gasteiger partial charge in [0.05, 0.1) is 13.0 Å². The normalized spacial score (nSPS) is 39.3. The van der Waals surface area contributed by atoms with Crippen molar-refractivity contribution in [3.8, 4) is 0 Å². The van der Waals surface area contributed by atoms with E-state index in [1.165, 1.54) is 52.1 Å². The predicted octanol–water partition coefficient (Wildman–Crippen LogP) is 5.16. The maximum Gasteiger partial charge on any atom is 0.329 e. The minimum Gasteiger partial charge on any atom is -0.466 e. The van der Waals surface area contributed by atoms with E-state index in [-0.39, 0.29) is 18.0 Å². The lowest BCUT2D eigenvalue weighted by molar-refractivity contribution is -0.157. The smallest absolute Gasteiger partial charge is 0.329 e. The average Bonchev–Trinajstić information content (AvgIpc) is 3.54. The van der Waals surface area contributed by atoms with Gasteiger partial charge in [-0.3, -0.25) is 4.79 Å². The van der Waals surface area contributed by atoms with Crippen LogP contribution in [-0.4, -0.2) is 25.2 Å². The zero-order chi connectivity index (χ0) is 20.3. The Kier molecular flexibility index (Phi) is 7.22. The molecule has 0 heterocycles. The maximum absolute atomic E-state index is 12.6. The molecule has 5 rings (SSSR count). The Morgan fingerprint density at radius 2 is 1.54 bits per heavy atom. The highest BCUT2D eigenvalue weighted by Gasteiger charge is 2.63. The van der Waals surface area contributed by atoms with Gasteiger partial charge in [0.15, 0.2) is 0 Å². The van der Waals surface area contributed by atoms with E-state index in [2.05, 4.69) is 11.3 Å². The number of hydrogen-bond donors (Lipinski definition) is 0. The lowest BCUT2D eigenvalue weighted by atomic mass is 9.67. The summed E-state index contributed by atoms with van der Waals surface area (Å²) in [5, 5.41) is 0. The SMILES string of the molecule is C=CC(=O)OC.CC.O=C(OC1CCCC1)C1CC2CC1C1C3CCC(C3)C21. The Morgan fingerprint density at radius 1 is 0.893 bits per heavy atom. The van der Waals surface area contributed by atoms with Crippen molar-refractivity contribution in [3.05, 3.63) is 12.7 Å². The molecule has 158 valence electrons. The number of hydrogen-bond acceptors (Lipinski definition) is 4. The van der Waals surface area contributed by atoms with E-state index in [0.717, 1.165) is 48.5 Å². The Balaban J connectivity index is 0.000000245. The van der Waals surface area contributed by atoms with Gasteiger partial charge in [0, 0.05) is 6.08 Å². The highest BCUT2D eigenvalue weighted by molar-refractivity contribution is 5.80. The second-order valence-corrected chi connectivity index (χ2v) is 9.06. The van der Waals surface area contributed by atoms with Crippen molar-refractivity contribution in [1.29, 1.82) is 0 Å². The average molecular weight is 391 g/mol. The van der Waals surface area contributed by atoms with E-state index >= 15 is 0 Å². The Labute approximate surface area is 170 Å². The van der Waals surface area contributed by atoms with Crippen molar-refractivity contribution in [1.82, 2.24) is 0 Å². The topological polar surface area (TPSA) is 52.6 Å². The van der Waals surface area contributed by atoms with Gasteiger partial charge >= 0.3 is 11.9 Å². The molecule has 5 aliphatic rings. The first-order valence-corrected chi connectivity index (χ1v) is 11.5. The van der Waals surface area contributed by atoms with Crippen molar-refractivity contribution in [3.63, 3.8) is 0 Å². The molecule has 0 amide bonds. The van der Waals surface area contributed by atoms with Crippen LogP contribution in [0.4, 0.5) is 0 Å². The van der Waals surface area contributed by atoms with Crippen LogP contribution < -0.4 is 0 Å². The quantitative estimate of drug-likeness (QED) is 0.379. The van der Waals surface area contributed by atoms with Gasteiger partial charge in [-0.1, -0.05) is 20.4 Å². The summed E-state index contributed by atoms with van der Waals surface area (Å²) >= 11 is 0. The number of rotatable bonds is 3. The number of carbonyl (C=O) groups is 2. The Hall–Kier alpha value is -1.32. The van der Waals surface area contributed by atoms with Crippen molar-refractivity contribution < 1.29 is 19.1 Å². The fourth-order valence-electron chi connectivity index (χ4n) is 7.18. The van der Waals surface area contributed by atoms with Gasteiger partial charge in [-0.05, 0) is 93.3 Å². The van der Waals surface area contributed by atoms with Gasteiger partial charge in [-0.25, -0.2) is 4.79 Å². The number of carbonyl (C=O) groups excluding carboxylic acids is 2. The summed E-state index contributed by atoms with van der Waals surface area (Å²) in [6.07, 6.45) is 13.1. The van der Waals surface area contributed by atoms with Crippen LogP contribution in [0.25, 0.3) is 0 Å². The van der Waals surface area contributed by atoms with Crippen molar-refractivity contribution in [2.45, 2.75) is 77.7 Å². The van der Waals surface area contributed by atoms with Gasteiger partial charge in [-0.15, -0.1) is 0 Å². The van der Waals surface area contributed by atoms with Crippen LogP contribution in [0.3, 0.4) is 0 Å². The summed E-state index contributed by atoms with van der Waals surface area (Å²) in [6.45, 7) is 7.16. The maximum atomic E-state index is 12.6. The molecule has 5 fully saturated rings. The molecule has 7 unspecified atom stereocenters. The number of fused-ring (bicyclic) bond motifs is 9. The fourth-order valence-corrected chi connectivity index (χ4v) is 7.18. The molecule has 0 spiro atoms. The zero-order valence-electron chi connectivity index (χ0n) is 17.9. The highest BCUT2D eigenvalue weighted by atomic mass is 16.5. The van der Waals surface area contributed by atoms with Gasteiger partial charge in [-0.2, -0.15) is 0 Å². The first-order chi connectivity index (χ1) is 13.6. The van der Waals surface area contributed by atoms with Crippen LogP contribution in [0.1, 0.15) is 71.6 Å². The van der Waals surface area contributed by atoms with Gasteiger partial charge in [0.2, 0.25) is 0 Å². The minimum absolute atomic E-state index is 0.186. The van der Waals surface area contributed by atoms with Crippen LogP contribution in [-0.2, 0) is 19.1 Å². The van der Waals surface area contributed by atoms with Crippen molar-refractivity contribution in [2.75, 3.05) is 7.11 Å². The molecule has 7 atom stereocenters. The molecule has 0 saturated heterocycles. The first-order valence-electron chi connectivity index (χ1n) is 11.5. The lowest BCUT2D eigenvalue weighted by Gasteiger charge is -2.38. The third-order valence-corrected chi connectivity index (χ3v) is 7.99. The van der Waals surface area contributed by atoms with E-state index in [9.17, 15) is 9.59 Å². The highest BCUT2D eigenvalue weighted by Crippen LogP contribution is 2.68. The van der Waals surface area contributed by atoms with Crippen molar-refractivity contribution >= 4 is 11.9 Å². The summed E-state index contributed by atoms with van der Waals surface area (Å²) in [5.74, 6) is 5.58. The second-order valence-electron chi connectivity index (χ2n) is 9.06. The standard InChI is InChI=1S/C18H26O2.C4H6O2.C2H6/c19-18(20-13-3-1-2-4-13)15-9-12-8-14(15)17-11-6-5-10(7-11)16(12)17;1-3-4(5)6-2;1-2/h10-17H,1-9H2;3H,1H2,2H3;1-2H3. The summed E-state index contributed by atoms with van der Waals surface area (Å²) in [5.41, 5.74) is 0. The van der Waals surface area contributed by atoms with Gasteiger partial charge in [0.1, 0.15) is 6.10 Å². The molecule has 5 aliphatic carbocycles. The molecule has 5 saturated carbocycles. The Bertz CT molecular complexity index is 565. The van der Waals surface area contributed by atoms with Gasteiger partial charge in [0.25, 0.3) is 0 Å². The van der Waals surface area contributed by atoms with E-state index in [0.29, 0.717) is 5.92 Å². The van der Waals surface area contributed by atoms with Crippen LogP contribution in [0.5, 0.6) is 0 Å². The zero-order valence-corrected chi connectivity index (χ0v) is 17.9. The molecular weight excluding hydrogens is 352 g/mol. The summed E-state index contributed by atoms with van der Waals surface area (Å²) < 4.78 is 9.98. The molecule has 0 aromatic carbocycles. The summed E-state index contributed by atoms with van der Waals surface area (Å²) in [6, 6.07) is 0. The van der Waals surface area contributed by atoms with E-state index in [1.807, 2.05) is 13.8 Å². The number of methoxy groups -OCH3 is 1. The third kappa shape index (κ3) is 4.02. The molecule has 4 nitrogen and oxygen atoms in total. The Morgan fingerprint density at radius 3 is 2.11 bits per heavy atom. The van der Waals surface area contributed by atoms with E-state index < -0.39 is 5.97 Å². The first kappa shape index (κ1) is 21.4. The van der Waals surface area contributed by atoms with Crippen LogP contribution in [0, 0.1) is 41.4 Å². The van der Waals surface area contributed by atoms with E-state index in [4.69, 9.17) is 4.74 Å². The molecule has 0 N–H and O–H groups in total. The summed E-state index contributed by atoms with van der Waals surface area (Å²) in [7, 11) is 1.31. The van der Waals surface area contributed by atoms with Gasteiger partial charge < -0.3 is 9.47 Å². The predicted molar refractivity (Wildman–Crippen MR) is 109 cm³/mol. The van der Waals surface area contributed by atoms with Crippen LogP contribution >= 0.6 is 0 Å². The molecule has 0 aliphatic heterocycles. The molecular formula is C24H38O4. The number of ether oxygens (including phenoxy) is 2. The molecule has 0 aromatic heterocycles. The molecule has 4 bridgehead atoms. The molecule has 28 heavy (non-hydrogen) atoms. The van der Waals surface area contributed by atoms with Crippen LogP contribution in [0.2, 0.25) is 0 Å². The van der Waals surface area contributed by atoms with Crippen molar-refractivity contribution in [2.24, 2.45) is 41.4 Å². The second kappa shape index (κ2) is 9.45.